The minimum atomic E-state index is 0.329. The SMILES string of the molecule is CCCN1CCC(C(C)Nc2cccc(O)c2)CC1. The predicted molar refractivity (Wildman–Crippen MR) is 80.6 cm³/mol. The summed E-state index contributed by atoms with van der Waals surface area (Å²) in [6, 6.07) is 7.86. The van der Waals surface area contributed by atoms with Crippen molar-refractivity contribution in [1.82, 2.24) is 4.90 Å². The van der Waals surface area contributed by atoms with Gasteiger partial charge in [-0.3, -0.25) is 0 Å². The Hall–Kier alpha value is -1.22. The topological polar surface area (TPSA) is 35.5 Å². The van der Waals surface area contributed by atoms with Gasteiger partial charge in [-0.05, 0) is 63.9 Å². The van der Waals surface area contributed by atoms with Gasteiger partial charge < -0.3 is 15.3 Å². The predicted octanol–water partition coefficient (Wildman–Crippen LogP) is 3.31. The zero-order chi connectivity index (χ0) is 13.7. The molecule has 1 atom stereocenters. The number of rotatable bonds is 5. The van der Waals surface area contributed by atoms with Crippen LogP contribution in [0.25, 0.3) is 0 Å². The highest BCUT2D eigenvalue weighted by Gasteiger charge is 2.23. The summed E-state index contributed by atoms with van der Waals surface area (Å²) in [6.07, 6.45) is 3.79. The lowest BCUT2D eigenvalue weighted by Crippen LogP contribution is -2.39. The van der Waals surface area contributed by atoms with Gasteiger partial charge in [-0.1, -0.05) is 13.0 Å². The van der Waals surface area contributed by atoms with E-state index >= 15 is 0 Å². The zero-order valence-electron chi connectivity index (χ0n) is 12.1. The van der Waals surface area contributed by atoms with Crippen LogP contribution in [0.5, 0.6) is 5.75 Å². The van der Waals surface area contributed by atoms with E-state index in [9.17, 15) is 5.11 Å². The van der Waals surface area contributed by atoms with E-state index in [2.05, 4.69) is 24.1 Å². The van der Waals surface area contributed by atoms with Gasteiger partial charge in [0.1, 0.15) is 5.75 Å². The van der Waals surface area contributed by atoms with Crippen LogP contribution in [0.2, 0.25) is 0 Å². The second-order valence-electron chi connectivity index (χ2n) is 5.66. The number of nitrogens with one attached hydrogen (secondary N) is 1. The normalized spacial score (nSPS) is 19.3. The fraction of sp³-hybridized carbons (Fsp3) is 0.625. The van der Waals surface area contributed by atoms with Gasteiger partial charge in [0, 0.05) is 17.8 Å². The lowest BCUT2D eigenvalue weighted by atomic mass is 9.90. The van der Waals surface area contributed by atoms with Gasteiger partial charge in [-0.15, -0.1) is 0 Å². The summed E-state index contributed by atoms with van der Waals surface area (Å²) in [6.45, 7) is 8.19. The number of aromatic hydroxyl groups is 1. The summed E-state index contributed by atoms with van der Waals surface area (Å²) in [5.41, 5.74) is 1.02. The molecule has 1 aliphatic heterocycles. The molecule has 0 saturated carbocycles. The first kappa shape index (κ1) is 14.2. The first-order chi connectivity index (χ1) is 9.19. The van der Waals surface area contributed by atoms with Crippen molar-refractivity contribution in [2.75, 3.05) is 25.0 Å². The van der Waals surface area contributed by atoms with Crippen molar-refractivity contribution < 1.29 is 5.11 Å². The Kier molecular flexibility index (Phi) is 5.08. The quantitative estimate of drug-likeness (QED) is 0.854. The molecule has 0 spiro atoms. The molecule has 1 saturated heterocycles. The first-order valence-electron chi connectivity index (χ1n) is 7.47. The smallest absolute Gasteiger partial charge is 0.117 e. The molecule has 1 aromatic rings. The molecular formula is C16H26N2O. The van der Waals surface area contributed by atoms with Crippen LogP contribution in [-0.2, 0) is 0 Å². The Labute approximate surface area is 116 Å². The average Bonchev–Trinajstić information content (AvgIpc) is 2.40. The Morgan fingerprint density at radius 2 is 2.11 bits per heavy atom. The highest BCUT2D eigenvalue weighted by Crippen LogP contribution is 2.24. The van der Waals surface area contributed by atoms with Gasteiger partial charge in [-0.25, -0.2) is 0 Å². The van der Waals surface area contributed by atoms with Gasteiger partial charge in [0.15, 0.2) is 0 Å². The molecule has 0 aromatic heterocycles. The molecule has 0 amide bonds. The van der Waals surface area contributed by atoms with Crippen molar-refractivity contribution in [3.05, 3.63) is 24.3 Å². The van der Waals surface area contributed by atoms with Crippen LogP contribution < -0.4 is 5.32 Å². The molecule has 2 N–H and O–H groups in total. The fourth-order valence-electron chi connectivity index (χ4n) is 2.97. The van der Waals surface area contributed by atoms with Crippen LogP contribution >= 0.6 is 0 Å². The summed E-state index contributed by atoms with van der Waals surface area (Å²) >= 11 is 0. The third kappa shape index (κ3) is 4.13. The standard InChI is InChI=1S/C16H26N2O/c1-3-9-18-10-7-14(8-11-18)13(2)17-15-5-4-6-16(19)12-15/h4-6,12-14,17,19H,3,7-11H2,1-2H3. The van der Waals surface area contributed by atoms with Crippen LogP contribution in [0, 0.1) is 5.92 Å². The molecule has 1 unspecified atom stereocenters. The highest BCUT2D eigenvalue weighted by molar-refractivity contribution is 5.48. The molecule has 2 rings (SSSR count). The third-order valence-corrected chi connectivity index (χ3v) is 4.12. The average molecular weight is 262 g/mol. The Morgan fingerprint density at radius 3 is 2.74 bits per heavy atom. The van der Waals surface area contributed by atoms with Crippen molar-refractivity contribution in [1.29, 1.82) is 0 Å². The van der Waals surface area contributed by atoms with Crippen molar-refractivity contribution >= 4 is 5.69 Å². The summed E-state index contributed by atoms with van der Waals surface area (Å²) in [7, 11) is 0. The lowest BCUT2D eigenvalue weighted by molar-refractivity contribution is 0.176. The number of likely N-dealkylation sites (tertiary alicyclic amines) is 1. The minimum Gasteiger partial charge on any atom is -0.508 e. The molecule has 1 aliphatic rings. The number of hydrogen-bond acceptors (Lipinski definition) is 3. The van der Waals surface area contributed by atoms with Crippen molar-refractivity contribution in [3.8, 4) is 5.75 Å². The van der Waals surface area contributed by atoms with Gasteiger partial charge in [0.2, 0.25) is 0 Å². The van der Waals surface area contributed by atoms with Gasteiger partial charge in [0.05, 0.1) is 0 Å². The first-order valence-corrected chi connectivity index (χ1v) is 7.47. The van der Waals surface area contributed by atoms with Crippen LogP contribution in [0.1, 0.15) is 33.1 Å². The molecule has 0 bridgehead atoms. The van der Waals surface area contributed by atoms with E-state index in [-0.39, 0.29) is 0 Å². The van der Waals surface area contributed by atoms with E-state index in [4.69, 9.17) is 0 Å². The number of phenolic OH excluding ortho intramolecular Hbond substituents is 1. The minimum absolute atomic E-state index is 0.329. The summed E-state index contributed by atoms with van der Waals surface area (Å²) in [4.78, 5) is 2.57. The van der Waals surface area contributed by atoms with Gasteiger partial charge in [0.25, 0.3) is 0 Å². The molecule has 0 aliphatic carbocycles. The molecule has 106 valence electrons. The lowest BCUT2D eigenvalue weighted by Gasteiger charge is -2.35. The summed E-state index contributed by atoms with van der Waals surface area (Å²) in [5.74, 6) is 1.06. The Morgan fingerprint density at radius 1 is 1.37 bits per heavy atom. The molecule has 1 fully saturated rings. The van der Waals surface area contributed by atoms with Gasteiger partial charge in [-0.2, -0.15) is 0 Å². The maximum absolute atomic E-state index is 9.48. The molecule has 3 nitrogen and oxygen atoms in total. The molecule has 3 heteroatoms. The van der Waals surface area contributed by atoms with Crippen molar-refractivity contribution in [3.63, 3.8) is 0 Å². The second kappa shape index (κ2) is 6.80. The monoisotopic (exact) mass is 262 g/mol. The van der Waals surface area contributed by atoms with E-state index in [1.807, 2.05) is 12.1 Å². The largest absolute Gasteiger partial charge is 0.508 e. The molecular weight excluding hydrogens is 236 g/mol. The zero-order valence-corrected chi connectivity index (χ0v) is 12.1. The van der Waals surface area contributed by atoms with Crippen LogP contribution in [0.4, 0.5) is 5.69 Å². The second-order valence-corrected chi connectivity index (χ2v) is 5.66. The molecule has 19 heavy (non-hydrogen) atoms. The number of piperidine rings is 1. The Balaban J connectivity index is 1.82. The van der Waals surface area contributed by atoms with E-state index in [0.717, 1.165) is 11.6 Å². The van der Waals surface area contributed by atoms with Crippen LogP contribution in [0.15, 0.2) is 24.3 Å². The van der Waals surface area contributed by atoms with E-state index in [1.54, 1.807) is 12.1 Å². The van der Waals surface area contributed by atoms with E-state index in [0.29, 0.717) is 11.8 Å². The summed E-state index contributed by atoms with van der Waals surface area (Å²) in [5, 5.41) is 13.0. The summed E-state index contributed by atoms with van der Waals surface area (Å²) < 4.78 is 0. The number of benzene rings is 1. The van der Waals surface area contributed by atoms with E-state index < -0.39 is 0 Å². The molecule has 1 heterocycles. The number of anilines is 1. The third-order valence-electron chi connectivity index (χ3n) is 4.12. The number of hydrogen-bond donors (Lipinski definition) is 2. The fourth-order valence-corrected chi connectivity index (χ4v) is 2.97. The van der Waals surface area contributed by atoms with Crippen molar-refractivity contribution in [2.24, 2.45) is 5.92 Å². The molecule has 1 aromatic carbocycles. The highest BCUT2D eigenvalue weighted by atomic mass is 16.3. The number of phenols is 1. The van der Waals surface area contributed by atoms with E-state index in [1.165, 1.54) is 38.9 Å². The number of nitrogens with zero attached hydrogens (tertiary/aromatic N) is 1. The van der Waals surface area contributed by atoms with Crippen LogP contribution in [0.3, 0.4) is 0 Å². The maximum Gasteiger partial charge on any atom is 0.117 e. The Bertz CT molecular complexity index is 386. The van der Waals surface area contributed by atoms with Gasteiger partial charge >= 0.3 is 0 Å². The van der Waals surface area contributed by atoms with Crippen LogP contribution in [-0.4, -0.2) is 35.7 Å². The maximum atomic E-state index is 9.48. The molecule has 0 radical (unpaired) electrons. The van der Waals surface area contributed by atoms with Crippen molar-refractivity contribution in [2.45, 2.75) is 39.2 Å².